The number of carbonyl (C=O) groups excluding carboxylic acids is 2. The van der Waals surface area contributed by atoms with Gasteiger partial charge in [-0.2, -0.15) is 0 Å². The van der Waals surface area contributed by atoms with E-state index in [1.54, 1.807) is 0 Å². The third-order valence-corrected chi connectivity index (χ3v) is 3.35. The van der Waals surface area contributed by atoms with Crippen LogP contribution < -0.4 is 5.32 Å². The van der Waals surface area contributed by atoms with Gasteiger partial charge in [0.1, 0.15) is 0 Å². The Hall–Kier alpha value is -1.06. The topological polar surface area (TPSA) is 49.4 Å². The summed E-state index contributed by atoms with van der Waals surface area (Å²) in [6.07, 6.45) is 5.86. The summed E-state index contributed by atoms with van der Waals surface area (Å²) in [5.41, 5.74) is -0.209. The molecule has 1 aliphatic heterocycles. The molecule has 0 aromatic rings. The molecule has 1 spiro atoms. The number of nitrogens with zero attached hydrogens (tertiary/aromatic N) is 1. The minimum absolute atomic E-state index is 0.0457. The Morgan fingerprint density at radius 2 is 1.86 bits per heavy atom. The van der Waals surface area contributed by atoms with Gasteiger partial charge in [-0.15, -0.1) is 0 Å². The predicted octanol–water partition coefficient (Wildman–Crippen LogP) is 1.26. The highest BCUT2D eigenvalue weighted by atomic mass is 16.2. The molecule has 2 fully saturated rings. The molecule has 0 radical (unpaired) electrons. The molecular formula is C10H16N2O2. The van der Waals surface area contributed by atoms with E-state index in [9.17, 15) is 9.59 Å². The number of hydrogen-bond donors (Lipinski definition) is 1. The largest absolute Gasteiger partial charge is 0.332 e. The van der Waals surface area contributed by atoms with Crippen molar-refractivity contribution in [3.05, 3.63) is 0 Å². The molecule has 1 heterocycles. The third kappa shape index (κ3) is 1.49. The molecule has 2 aliphatic rings. The van der Waals surface area contributed by atoms with Crippen LogP contribution in [0.25, 0.3) is 0 Å². The van der Waals surface area contributed by atoms with E-state index in [0.717, 1.165) is 25.7 Å². The Balaban J connectivity index is 2.14. The number of carbonyl (C=O) groups is 2. The quantitative estimate of drug-likeness (QED) is 0.634. The second kappa shape index (κ2) is 3.26. The number of hydrogen-bond acceptors (Lipinski definition) is 2. The van der Waals surface area contributed by atoms with Crippen LogP contribution in [-0.2, 0) is 4.79 Å². The van der Waals surface area contributed by atoms with Gasteiger partial charge in [-0.25, -0.2) is 4.79 Å². The monoisotopic (exact) mass is 196 g/mol. The van der Waals surface area contributed by atoms with Crippen molar-refractivity contribution in [3.8, 4) is 0 Å². The molecule has 1 N–H and O–H groups in total. The Morgan fingerprint density at radius 3 is 2.43 bits per heavy atom. The lowest BCUT2D eigenvalue weighted by Gasteiger charge is -2.42. The molecule has 1 saturated carbocycles. The fourth-order valence-electron chi connectivity index (χ4n) is 2.41. The van der Waals surface area contributed by atoms with Crippen LogP contribution in [0.1, 0.15) is 38.5 Å². The zero-order chi connectivity index (χ0) is 10.2. The van der Waals surface area contributed by atoms with Crippen molar-refractivity contribution < 1.29 is 9.59 Å². The summed E-state index contributed by atoms with van der Waals surface area (Å²) in [6.45, 7) is 0. The van der Waals surface area contributed by atoms with E-state index in [1.807, 2.05) is 0 Å². The van der Waals surface area contributed by atoms with E-state index in [4.69, 9.17) is 0 Å². The maximum absolute atomic E-state index is 11.5. The SMILES string of the molecule is CN1C(=O)CC2(CCCCC2)NC1=O. The maximum atomic E-state index is 11.5. The van der Waals surface area contributed by atoms with Crippen LogP contribution in [0.4, 0.5) is 4.79 Å². The molecule has 4 nitrogen and oxygen atoms in total. The second-order valence-electron chi connectivity index (χ2n) is 4.40. The number of rotatable bonds is 0. The minimum Gasteiger partial charge on any atom is -0.332 e. The van der Waals surface area contributed by atoms with Gasteiger partial charge in [-0.1, -0.05) is 19.3 Å². The first-order valence-corrected chi connectivity index (χ1v) is 5.22. The Kier molecular flexibility index (Phi) is 2.21. The highest BCUT2D eigenvalue weighted by Crippen LogP contribution is 2.33. The summed E-state index contributed by atoms with van der Waals surface area (Å²) < 4.78 is 0. The first-order valence-electron chi connectivity index (χ1n) is 5.22. The highest BCUT2D eigenvalue weighted by Gasteiger charge is 2.41. The molecule has 2 rings (SSSR count). The molecule has 1 aliphatic carbocycles. The van der Waals surface area contributed by atoms with Crippen molar-refractivity contribution in [2.24, 2.45) is 0 Å². The zero-order valence-electron chi connectivity index (χ0n) is 8.51. The molecular weight excluding hydrogens is 180 g/mol. The van der Waals surface area contributed by atoms with Gasteiger partial charge in [0.05, 0.1) is 12.0 Å². The molecule has 1 saturated heterocycles. The summed E-state index contributed by atoms with van der Waals surface area (Å²) in [6, 6.07) is -0.233. The number of imide groups is 1. The van der Waals surface area contributed by atoms with Gasteiger partial charge >= 0.3 is 6.03 Å². The van der Waals surface area contributed by atoms with Crippen LogP contribution in [0.3, 0.4) is 0 Å². The summed E-state index contributed by atoms with van der Waals surface area (Å²) in [7, 11) is 1.54. The minimum atomic E-state index is -0.233. The van der Waals surface area contributed by atoms with E-state index < -0.39 is 0 Å². The van der Waals surface area contributed by atoms with Crippen molar-refractivity contribution >= 4 is 11.9 Å². The summed E-state index contributed by atoms with van der Waals surface area (Å²) >= 11 is 0. The molecule has 0 unspecified atom stereocenters. The van der Waals surface area contributed by atoms with Crippen LogP contribution in [0.15, 0.2) is 0 Å². The van der Waals surface area contributed by atoms with Crippen molar-refractivity contribution in [3.63, 3.8) is 0 Å². The van der Waals surface area contributed by atoms with Gasteiger partial charge in [0.25, 0.3) is 0 Å². The molecule has 0 bridgehead atoms. The van der Waals surface area contributed by atoms with Gasteiger partial charge in [0.15, 0.2) is 0 Å². The first kappa shape index (κ1) is 9.49. The first-order chi connectivity index (χ1) is 6.63. The van der Waals surface area contributed by atoms with Crippen LogP contribution >= 0.6 is 0 Å². The third-order valence-electron chi connectivity index (χ3n) is 3.35. The standard InChI is InChI=1S/C10H16N2O2/c1-12-8(13)7-10(11-9(12)14)5-3-2-4-6-10/h2-7H2,1H3,(H,11,14). The molecule has 0 aromatic carbocycles. The summed E-state index contributed by atoms with van der Waals surface area (Å²) in [4.78, 5) is 24.2. The van der Waals surface area contributed by atoms with Gasteiger partial charge in [-0.05, 0) is 12.8 Å². The smallest absolute Gasteiger partial charge is 0.324 e. The molecule has 3 amide bonds. The van der Waals surface area contributed by atoms with Crippen molar-refractivity contribution in [1.29, 1.82) is 0 Å². The second-order valence-corrected chi connectivity index (χ2v) is 4.40. The van der Waals surface area contributed by atoms with Gasteiger partial charge < -0.3 is 5.32 Å². The van der Waals surface area contributed by atoms with Crippen LogP contribution in [0, 0.1) is 0 Å². The van der Waals surface area contributed by atoms with E-state index in [1.165, 1.54) is 18.4 Å². The average molecular weight is 196 g/mol. The average Bonchev–Trinajstić information content (AvgIpc) is 2.15. The number of urea groups is 1. The summed E-state index contributed by atoms with van der Waals surface area (Å²) in [5, 5.41) is 2.98. The molecule has 14 heavy (non-hydrogen) atoms. The molecule has 4 heteroatoms. The van der Waals surface area contributed by atoms with Gasteiger partial charge in [-0.3, -0.25) is 9.69 Å². The van der Waals surface area contributed by atoms with E-state index in [2.05, 4.69) is 5.32 Å². The maximum Gasteiger partial charge on any atom is 0.324 e. The zero-order valence-corrected chi connectivity index (χ0v) is 8.51. The fourth-order valence-corrected chi connectivity index (χ4v) is 2.41. The summed E-state index contributed by atoms with van der Waals surface area (Å²) in [5.74, 6) is -0.0457. The number of nitrogens with one attached hydrogen (secondary N) is 1. The van der Waals surface area contributed by atoms with Gasteiger partial charge in [0, 0.05) is 7.05 Å². The Morgan fingerprint density at radius 1 is 1.21 bits per heavy atom. The predicted molar refractivity (Wildman–Crippen MR) is 51.7 cm³/mol. The fraction of sp³-hybridized carbons (Fsp3) is 0.800. The van der Waals surface area contributed by atoms with Crippen LogP contribution in [-0.4, -0.2) is 29.4 Å². The van der Waals surface area contributed by atoms with Crippen molar-refractivity contribution in [2.75, 3.05) is 7.05 Å². The van der Waals surface area contributed by atoms with Crippen molar-refractivity contribution in [2.45, 2.75) is 44.1 Å². The highest BCUT2D eigenvalue weighted by molar-refractivity contribution is 5.97. The normalized spacial score (nSPS) is 26.5. The lowest BCUT2D eigenvalue weighted by atomic mass is 9.78. The molecule has 0 atom stereocenters. The lowest BCUT2D eigenvalue weighted by Crippen LogP contribution is -2.61. The van der Waals surface area contributed by atoms with Crippen LogP contribution in [0.2, 0.25) is 0 Å². The Labute approximate surface area is 83.6 Å². The van der Waals surface area contributed by atoms with E-state index in [-0.39, 0.29) is 17.5 Å². The molecule has 0 aromatic heterocycles. The van der Waals surface area contributed by atoms with Crippen molar-refractivity contribution in [1.82, 2.24) is 10.2 Å². The molecule has 78 valence electrons. The van der Waals surface area contributed by atoms with Gasteiger partial charge in [0.2, 0.25) is 5.91 Å². The van der Waals surface area contributed by atoms with Crippen LogP contribution in [0.5, 0.6) is 0 Å². The lowest BCUT2D eigenvalue weighted by molar-refractivity contribution is -0.131. The van der Waals surface area contributed by atoms with E-state index in [0.29, 0.717) is 6.42 Å². The number of amides is 3. The Bertz CT molecular complexity index is 249. The van der Waals surface area contributed by atoms with E-state index >= 15 is 0 Å².